The Hall–Kier alpha value is -3.82. The van der Waals surface area contributed by atoms with Gasteiger partial charge in [0.2, 0.25) is 0 Å². The molecular weight excluding hydrogens is 492 g/mol. The molecule has 10 heteroatoms. The summed E-state index contributed by atoms with van der Waals surface area (Å²) in [7, 11) is 0. The van der Waals surface area contributed by atoms with Crippen molar-refractivity contribution in [3.05, 3.63) is 104 Å². The van der Waals surface area contributed by atoms with Crippen LogP contribution in [0.1, 0.15) is 11.1 Å². The van der Waals surface area contributed by atoms with Crippen LogP contribution in [0.15, 0.2) is 77.7 Å². The van der Waals surface area contributed by atoms with Crippen LogP contribution < -0.4 is 9.47 Å². The van der Waals surface area contributed by atoms with E-state index in [1.165, 1.54) is 6.07 Å². The number of nitro groups is 1. The van der Waals surface area contributed by atoms with E-state index in [4.69, 9.17) is 21.1 Å². The van der Waals surface area contributed by atoms with Crippen LogP contribution in [-0.2, 0) is 11.4 Å². The van der Waals surface area contributed by atoms with Crippen molar-refractivity contribution in [3.8, 4) is 11.5 Å². The molecular formula is C25H19ClN2O6S. The molecule has 0 atom stereocenters. The normalized spacial score (nSPS) is 14.4. The summed E-state index contributed by atoms with van der Waals surface area (Å²) in [5.41, 5.74) is 1.08. The Kier molecular flexibility index (Phi) is 7.69. The van der Waals surface area contributed by atoms with Crippen LogP contribution in [-0.4, -0.2) is 34.1 Å². The molecule has 1 heterocycles. The van der Waals surface area contributed by atoms with Crippen molar-refractivity contribution in [3.63, 3.8) is 0 Å². The lowest BCUT2D eigenvalue weighted by Crippen LogP contribution is -2.32. The Labute approximate surface area is 210 Å². The van der Waals surface area contributed by atoms with Gasteiger partial charge in [-0.3, -0.25) is 24.6 Å². The van der Waals surface area contributed by atoms with Gasteiger partial charge in [-0.25, -0.2) is 0 Å². The van der Waals surface area contributed by atoms with Gasteiger partial charge in [0.15, 0.2) is 0 Å². The van der Waals surface area contributed by atoms with Crippen LogP contribution in [0.3, 0.4) is 0 Å². The number of hydrogen-bond acceptors (Lipinski definition) is 7. The van der Waals surface area contributed by atoms with Gasteiger partial charge in [-0.15, -0.1) is 0 Å². The van der Waals surface area contributed by atoms with E-state index in [1.807, 2.05) is 0 Å². The molecule has 8 nitrogen and oxygen atoms in total. The molecule has 1 fully saturated rings. The number of ether oxygens (including phenoxy) is 2. The summed E-state index contributed by atoms with van der Waals surface area (Å²) < 4.78 is 11.3. The molecule has 1 aliphatic heterocycles. The molecule has 0 saturated carbocycles. The van der Waals surface area contributed by atoms with Crippen molar-refractivity contribution in [2.75, 3.05) is 13.2 Å². The quantitative estimate of drug-likeness (QED) is 0.199. The van der Waals surface area contributed by atoms with Crippen molar-refractivity contribution < 1.29 is 24.0 Å². The minimum absolute atomic E-state index is 0.0164. The Morgan fingerprint density at radius 3 is 2.57 bits per heavy atom. The van der Waals surface area contributed by atoms with Crippen LogP contribution in [0.25, 0.3) is 6.08 Å². The van der Waals surface area contributed by atoms with Crippen LogP contribution in [0, 0.1) is 10.1 Å². The van der Waals surface area contributed by atoms with Gasteiger partial charge in [0.05, 0.1) is 27.0 Å². The minimum atomic E-state index is -0.454. The summed E-state index contributed by atoms with van der Waals surface area (Å²) in [6, 6.07) is 20.2. The number of benzene rings is 3. The molecule has 1 saturated heterocycles. The van der Waals surface area contributed by atoms with E-state index in [1.54, 1.807) is 72.8 Å². The largest absolute Gasteiger partial charge is 0.490 e. The maximum Gasteiger partial charge on any atom is 0.293 e. The maximum atomic E-state index is 12.8. The molecule has 4 rings (SSSR count). The number of nitro benzene ring substituents is 1. The number of hydrogen-bond donors (Lipinski definition) is 0. The van der Waals surface area contributed by atoms with Gasteiger partial charge < -0.3 is 9.47 Å². The summed E-state index contributed by atoms with van der Waals surface area (Å²) in [6.45, 7) is 0.221. The second-order valence-electron chi connectivity index (χ2n) is 7.36. The van der Waals surface area contributed by atoms with Crippen molar-refractivity contribution in [2.24, 2.45) is 0 Å². The summed E-state index contributed by atoms with van der Waals surface area (Å²) in [6.07, 6.45) is 1.61. The molecule has 3 aromatic rings. The number of para-hydroxylation sites is 2. The van der Waals surface area contributed by atoms with Crippen molar-refractivity contribution in [1.29, 1.82) is 0 Å². The number of carbonyl (C=O) groups excluding carboxylic acids is 2. The molecule has 3 aromatic carbocycles. The average molecular weight is 511 g/mol. The maximum absolute atomic E-state index is 12.8. The Morgan fingerprint density at radius 1 is 1.00 bits per heavy atom. The van der Waals surface area contributed by atoms with Crippen molar-refractivity contribution >= 4 is 46.3 Å². The van der Waals surface area contributed by atoms with E-state index < -0.39 is 10.8 Å². The van der Waals surface area contributed by atoms with E-state index in [2.05, 4.69) is 0 Å². The van der Waals surface area contributed by atoms with Gasteiger partial charge in [0.25, 0.3) is 16.8 Å². The molecule has 0 aromatic heterocycles. The topological polar surface area (TPSA) is 99.0 Å². The van der Waals surface area contributed by atoms with Crippen LogP contribution >= 0.6 is 23.4 Å². The second-order valence-corrected chi connectivity index (χ2v) is 8.76. The summed E-state index contributed by atoms with van der Waals surface area (Å²) in [5, 5.41) is 11.2. The fourth-order valence-electron chi connectivity index (χ4n) is 3.32. The van der Waals surface area contributed by atoms with Gasteiger partial charge in [0, 0.05) is 6.07 Å². The van der Waals surface area contributed by atoms with Crippen LogP contribution in [0.5, 0.6) is 11.5 Å². The van der Waals surface area contributed by atoms with Gasteiger partial charge >= 0.3 is 0 Å². The standard InChI is InChI=1S/C25H19ClN2O6S/c26-20-9-2-4-11-22(20)33-13-12-27-24(29)23(35-25(27)30)15-17-6-5-8-19(14-17)34-16-18-7-1-3-10-21(18)28(31)32/h1-11,14-15H,12-13,16H2/b23-15-. The number of thioether (sulfide) groups is 1. The summed E-state index contributed by atoms with van der Waals surface area (Å²) in [4.78, 5) is 37.3. The van der Waals surface area contributed by atoms with Crippen LogP contribution in [0.4, 0.5) is 10.5 Å². The van der Waals surface area contributed by atoms with E-state index >= 15 is 0 Å². The molecule has 178 valence electrons. The van der Waals surface area contributed by atoms with Gasteiger partial charge in [0.1, 0.15) is 24.7 Å². The Morgan fingerprint density at radius 2 is 1.77 bits per heavy atom. The summed E-state index contributed by atoms with van der Waals surface area (Å²) in [5.74, 6) is 0.549. The first-order valence-corrected chi connectivity index (χ1v) is 11.7. The molecule has 2 amide bonds. The lowest BCUT2D eigenvalue weighted by atomic mass is 10.2. The zero-order valence-electron chi connectivity index (χ0n) is 18.3. The first-order chi connectivity index (χ1) is 16.9. The van der Waals surface area contributed by atoms with Crippen LogP contribution in [0.2, 0.25) is 5.02 Å². The Bertz CT molecular complexity index is 1310. The van der Waals surface area contributed by atoms with E-state index in [-0.39, 0.29) is 35.6 Å². The lowest BCUT2D eigenvalue weighted by molar-refractivity contribution is -0.385. The third-order valence-corrected chi connectivity index (χ3v) is 6.24. The van der Waals surface area contributed by atoms with E-state index in [0.29, 0.717) is 27.6 Å². The molecule has 0 aliphatic carbocycles. The molecule has 1 aliphatic rings. The third kappa shape index (κ3) is 6.00. The molecule has 0 radical (unpaired) electrons. The highest BCUT2D eigenvalue weighted by molar-refractivity contribution is 8.18. The predicted molar refractivity (Wildman–Crippen MR) is 133 cm³/mol. The Balaban J connectivity index is 1.39. The first-order valence-electron chi connectivity index (χ1n) is 10.5. The SMILES string of the molecule is O=C1S/C(=C\c2cccc(OCc3ccccc3[N+](=O)[O-])c2)C(=O)N1CCOc1ccccc1Cl. The molecule has 0 unspecified atom stereocenters. The first kappa shape index (κ1) is 24.3. The minimum Gasteiger partial charge on any atom is -0.490 e. The fraction of sp³-hybridized carbons (Fsp3) is 0.120. The zero-order valence-corrected chi connectivity index (χ0v) is 19.8. The fourth-order valence-corrected chi connectivity index (χ4v) is 4.37. The molecule has 0 bridgehead atoms. The lowest BCUT2D eigenvalue weighted by Gasteiger charge is -2.13. The smallest absolute Gasteiger partial charge is 0.293 e. The highest BCUT2D eigenvalue weighted by Gasteiger charge is 2.34. The molecule has 35 heavy (non-hydrogen) atoms. The van der Waals surface area contributed by atoms with Crippen molar-refractivity contribution in [1.82, 2.24) is 4.90 Å². The van der Waals surface area contributed by atoms with Gasteiger partial charge in [-0.05, 0) is 53.7 Å². The molecule has 0 N–H and O–H groups in total. The highest BCUT2D eigenvalue weighted by Crippen LogP contribution is 2.33. The summed E-state index contributed by atoms with van der Waals surface area (Å²) >= 11 is 6.90. The number of carbonyl (C=O) groups is 2. The van der Waals surface area contributed by atoms with E-state index in [0.717, 1.165) is 16.7 Å². The van der Waals surface area contributed by atoms with Gasteiger partial charge in [-0.2, -0.15) is 0 Å². The number of halogens is 1. The monoisotopic (exact) mass is 510 g/mol. The zero-order chi connectivity index (χ0) is 24.8. The number of amides is 2. The number of nitrogens with zero attached hydrogens (tertiary/aromatic N) is 2. The number of imide groups is 1. The van der Waals surface area contributed by atoms with Crippen molar-refractivity contribution in [2.45, 2.75) is 6.61 Å². The van der Waals surface area contributed by atoms with Gasteiger partial charge in [-0.1, -0.05) is 48.0 Å². The average Bonchev–Trinajstić information content (AvgIpc) is 3.11. The predicted octanol–water partition coefficient (Wildman–Crippen LogP) is 5.94. The van der Waals surface area contributed by atoms with E-state index in [9.17, 15) is 19.7 Å². The molecule has 0 spiro atoms. The second kappa shape index (κ2) is 11.1. The highest BCUT2D eigenvalue weighted by atomic mass is 35.5. The third-order valence-electron chi connectivity index (χ3n) is 5.02. The number of rotatable bonds is 9.